The Morgan fingerprint density at radius 3 is 2.72 bits per heavy atom. The Balaban J connectivity index is 2.77. The van der Waals surface area contributed by atoms with Gasteiger partial charge in [0.15, 0.2) is 0 Å². The maximum atomic E-state index is 12.0. The number of nitrogens with one attached hydrogen (secondary N) is 1. The third-order valence-electron chi connectivity index (χ3n) is 2.10. The Kier molecular flexibility index (Phi) is 4.96. The first-order valence-electron chi connectivity index (χ1n) is 5.05. The Morgan fingerprint density at radius 2 is 2.17 bits per heavy atom. The van der Waals surface area contributed by atoms with Gasteiger partial charge in [-0.25, -0.2) is 0 Å². The molecule has 1 rings (SSSR count). The lowest BCUT2D eigenvalue weighted by molar-refractivity contribution is -0.0498. The molecule has 18 heavy (non-hydrogen) atoms. The van der Waals surface area contributed by atoms with Gasteiger partial charge in [0.05, 0.1) is 11.0 Å². The first-order chi connectivity index (χ1) is 8.40. The summed E-state index contributed by atoms with van der Waals surface area (Å²) in [6.07, 6.45) is 0. The van der Waals surface area contributed by atoms with E-state index in [1.54, 1.807) is 6.92 Å². The molecule has 0 heterocycles. The second-order valence-electron chi connectivity index (χ2n) is 3.50. The summed E-state index contributed by atoms with van der Waals surface area (Å²) in [5.41, 5.74) is 5.54. The molecule has 98 valence electrons. The minimum atomic E-state index is -2.93. The van der Waals surface area contributed by atoms with Crippen LogP contribution in [-0.2, 0) is 0 Å². The van der Waals surface area contributed by atoms with E-state index in [1.165, 1.54) is 24.3 Å². The summed E-state index contributed by atoms with van der Waals surface area (Å²) in [6.45, 7) is -1.31. The van der Waals surface area contributed by atoms with Crippen molar-refractivity contribution in [2.45, 2.75) is 19.6 Å². The van der Waals surface area contributed by atoms with Crippen LogP contribution in [0.15, 0.2) is 24.3 Å². The van der Waals surface area contributed by atoms with E-state index in [-0.39, 0.29) is 16.3 Å². The van der Waals surface area contributed by atoms with E-state index in [0.29, 0.717) is 0 Å². The number of hydrogen-bond acceptors (Lipinski definition) is 3. The molecule has 4 nitrogen and oxygen atoms in total. The second kappa shape index (κ2) is 6.25. The summed E-state index contributed by atoms with van der Waals surface area (Å²) in [6, 6.07) is 4.98. The first kappa shape index (κ1) is 14.3. The summed E-state index contributed by atoms with van der Waals surface area (Å²) in [7, 11) is 0. The molecule has 1 aromatic rings. The molecule has 1 unspecified atom stereocenters. The number of amides is 1. The van der Waals surface area contributed by atoms with Crippen LogP contribution in [0.2, 0.25) is 0 Å². The zero-order valence-corrected chi connectivity index (χ0v) is 10.3. The van der Waals surface area contributed by atoms with E-state index < -0.39 is 18.6 Å². The van der Waals surface area contributed by atoms with Crippen molar-refractivity contribution in [1.29, 1.82) is 0 Å². The van der Waals surface area contributed by atoms with Crippen molar-refractivity contribution in [1.82, 2.24) is 5.32 Å². The Morgan fingerprint density at radius 1 is 1.50 bits per heavy atom. The summed E-state index contributed by atoms with van der Waals surface area (Å²) in [5.74, 6) is -0.546. The van der Waals surface area contributed by atoms with E-state index in [1.807, 2.05) is 0 Å². The molecule has 1 amide bonds. The predicted molar refractivity (Wildman–Crippen MR) is 66.8 cm³/mol. The van der Waals surface area contributed by atoms with Crippen LogP contribution in [0.5, 0.6) is 5.75 Å². The summed E-state index contributed by atoms with van der Waals surface area (Å²) in [4.78, 5) is 11.9. The number of benzene rings is 1. The highest BCUT2D eigenvalue weighted by atomic mass is 32.1. The van der Waals surface area contributed by atoms with Crippen molar-refractivity contribution in [2.24, 2.45) is 5.73 Å². The molecule has 0 aliphatic carbocycles. The summed E-state index contributed by atoms with van der Waals surface area (Å²) < 4.78 is 28.2. The van der Waals surface area contributed by atoms with Crippen LogP contribution in [0.4, 0.5) is 8.78 Å². The quantitative estimate of drug-likeness (QED) is 0.802. The van der Waals surface area contributed by atoms with Gasteiger partial charge in [0.1, 0.15) is 5.75 Å². The van der Waals surface area contributed by atoms with Crippen LogP contribution in [0.25, 0.3) is 0 Å². The Labute approximate surface area is 108 Å². The van der Waals surface area contributed by atoms with Crippen LogP contribution < -0.4 is 15.8 Å². The lowest BCUT2D eigenvalue weighted by Gasteiger charge is -2.12. The van der Waals surface area contributed by atoms with Gasteiger partial charge < -0.3 is 15.8 Å². The molecule has 0 bridgehead atoms. The normalized spacial score (nSPS) is 12.0. The highest BCUT2D eigenvalue weighted by Crippen LogP contribution is 2.15. The van der Waals surface area contributed by atoms with Gasteiger partial charge in [0.2, 0.25) is 0 Å². The highest BCUT2D eigenvalue weighted by Gasteiger charge is 2.13. The molecule has 0 aliphatic heterocycles. The molecule has 1 atom stereocenters. The molecule has 7 heteroatoms. The molecule has 0 aliphatic rings. The zero-order valence-electron chi connectivity index (χ0n) is 9.52. The van der Waals surface area contributed by atoms with Crippen molar-refractivity contribution in [3.63, 3.8) is 0 Å². The third kappa shape index (κ3) is 4.25. The van der Waals surface area contributed by atoms with Gasteiger partial charge in [-0.2, -0.15) is 8.78 Å². The monoisotopic (exact) mass is 274 g/mol. The number of carbonyl (C=O) groups is 1. The van der Waals surface area contributed by atoms with Gasteiger partial charge in [-0.1, -0.05) is 18.3 Å². The van der Waals surface area contributed by atoms with Crippen LogP contribution >= 0.6 is 12.2 Å². The minimum absolute atomic E-state index is 0.0828. The van der Waals surface area contributed by atoms with Crippen molar-refractivity contribution in [3.05, 3.63) is 29.8 Å². The van der Waals surface area contributed by atoms with Crippen LogP contribution in [0.3, 0.4) is 0 Å². The highest BCUT2D eigenvalue weighted by molar-refractivity contribution is 7.80. The number of thiocarbonyl (C=S) groups is 1. The van der Waals surface area contributed by atoms with Crippen molar-refractivity contribution in [3.8, 4) is 5.75 Å². The summed E-state index contributed by atoms with van der Waals surface area (Å²) >= 11 is 4.71. The van der Waals surface area contributed by atoms with E-state index >= 15 is 0 Å². The fourth-order valence-corrected chi connectivity index (χ4v) is 1.22. The number of hydrogen-bond donors (Lipinski definition) is 2. The van der Waals surface area contributed by atoms with Crippen molar-refractivity contribution >= 4 is 23.1 Å². The second-order valence-corrected chi connectivity index (χ2v) is 3.98. The smallest absolute Gasteiger partial charge is 0.387 e. The van der Waals surface area contributed by atoms with E-state index in [0.717, 1.165) is 0 Å². The van der Waals surface area contributed by atoms with Gasteiger partial charge in [-0.15, -0.1) is 0 Å². The van der Waals surface area contributed by atoms with Gasteiger partial charge in [-0.05, 0) is 25.1 Å². The first-order valence-corrected chi connectivity index (χ1v) is 5.46. The molecule has 0 radical (unpaired) electrons. The lowest BCUT2D eigenvalue weighted by atomic mass is 10.2. The van der Waals surface area contributed by atoms with Crippen molar-refractivity contribution in [2.75, 3.05) is 0 Å². The Bertz CT molecular complexity index is 454. The van der Waals surface area contributed by atoms with Gasteiger partial charge in [0.25, 0.3) is 5.91 Å². The lowest BCUT2D eigenvalue weighted by Crippen LogP contribution is -2.41. The molecule has 0 fully saturated rings. The fraction of sp³-hybridized carbons (Fsp3) is 0.273. The predicted octanol–water partition coefficient (Wildman–Crippen LogP) is 1.69. The molecule has 1 aromatic carbocycles. The number of nitrogens with two attached hydrogens (primary N) is 1. The molecular weight excluding hydrogens is 262 g/mol. The largest absolute Gasteiger partial charge is 0.435 e. The average Bonchev–Trinajstić information content (AvgIpc) is 2.28. The standard InChI is InChI=1S/C11H12F2N2O2S/c1-6(9(14)18)15-10(16)7-3-2-4-8(5-7)17-11(12)13/h2-6,11H,1H3,(H2,14,18)(H,15,16). The van der Waals surface area contributed by atoms with Crippen LogP contribution in [0.1, 0.15) is 17.3 Å². The van der Waals surface area contributed by atoms with E-state index in [9.17, 15) is 13.6 Å². The molecule has 0 aromatic heterocycles. The number of alkyl halides is 2. The topological polar surface area (TPSA) is 64.3 Å². The molecular formula is C11H12F2N2O2S. The fourth-order valence-electron chi connectivity index (χ4n) is 1.16. The number of carbonyl (C=O) groups excluding carboxylic acids is 1. The van der Waals surface area contributed by atoms with Crippen LogP contribution in [-0.4, -0.2) is 23.5 Å². The van der Waals surface area contributed by atoms with Gasteiger partial charge in [-0.3, -0.25) is 4.79 Å². The SMILES string of the molecule is CC(NC(=O)c1cccc(OC(F)F)c1)C(N)=S. The Hall–Kier alpha value is -1.76. The maximum absolute atomic E-state index is 12.0. The van der Waals surface area contributed by atoms with E-state index in [4.69, 9.17) is 18.0 Å². The van der Waals surface area contributed by atoms with Gasteiger partial charge >= 0.3 is 6.61 Å². The van der Waals surface area contributed by atoms with Gasteiger partial charge in [0, 0.05) is 5.56 Å². The van der Waals surface area contributed by atoms with Crippen molar-refractivity contribution < 1.29 is 18.3 Å². The molecule has 0 spiro atoms. The third-order valence-corrected chi connectivity index (χ3v) is 2.45. The number of rotatable bonds is 5. The number of ether oxygens (including phenoxy) is 1. The molecule has 3 N–H and O–H groups in total. The average molecular weight is 274 g/mol. The maximum Gasteiger partial charge on any atom is 0.387 e. The molecule has 0 saturated carbocycles. The summed E-state index contributed by atoms with van der Waals surface area (Å²) in [5, 5.41) is 2.53. The number of halogens is 2. The van der Waals surface area contributed by atoms with E-state index in [2.05, 4.69) is 10.1 Å². The molecule has 0 saturated heterocycles. The van der Waals surface area contributed by atoms with Crippen LogP contribution in [0, 0.1) is 0 Å². The minimum Gasteiger partial charge on any atom is -0.435 e. The zero-order chi connectivity index (χ0) is 13.7.